The van der Waals surface area contributed by atoms with E-state index in [-0.39, 0.29) is 6.10 Å². The molecule has 0 aliphatic carbocycles. The Morgan fingerprint density at radius 2 is 2.43 bits per heavy atom. The van der Waals surface area contributed by atoms with Crippen LogP contribution >= 0.6 is 0 Å². The molecule has 7 heteroatoms. The first kappa shape index (κ1) is 14.5. The van der Waals surface area contributed by atoms with Gasteiger partial charge in [-0.3, -0.25) is 4.79 Å². The number of nitrogens with zero attached hydrogens (tertiary/aromatic N) is 3. The van der Waals surface area contributed by atoms with Crippen LogP contribution in [0.5, 0.6) is 5.88 Å². The van der Waals surface area contributed by atoms with E-state index in [0.29, 0.717) is 35.3 Å². The molecule has 0 saturated heterocycles. The second-order valence-electron chi connectivity index (χ2n) is 4.51. The molecule has 0 fully saturated rings. The van der Waals surface area contributed by atoms with Crippen LogP contribution in [0.3, 0.4) is 0 Å². The predicted molar refractivity (Wildman–Crippen MR) is 77.1 cm³/mol. The van der Waals surface area contributed by atoms with E-state index >= 15 is 0 Å². The van der Waals surface area contributed by atoms with Gasteiger partial charge in [-0.2, -0.15) is 5.26 Å². The number of H-pyrrole nitrogens is 1. The van der Waals surface area contributed by atoms with E-state index in [4.69, 9.17) is 15.7 Å². The van der Waals surface area contributed by atoms with Crippen molar-refractivity contribution >= 4 is 23.0 Å². The second kappa shape index (κ2) is 6.52. The van der Waals surface area contributed by atoms with Crippen molar-refractivity contribution < 1.29 is 9.53 Å². The fraction of sp³-hybridized carbons (Fsp3) is 0.286. The van der Waals surface area contributed by atoms with Crippen molar-refractivity contribution in [2.24, 2.45) is 5.73 Å². The van der Waals surface area contributed by atoms with Crippen LogP contribution in [-0.4, -0.2) is 27.0 Å². The van der Waals surface area contributed by atoms with Crippen LogP contribution in [0.25, 0.3) is 17.1 Å². The van der Waals surface area contributed by atoms with E-state index in [9.17, 15) is 4.79 Å². The summed E-state index contributed by atoms with van der Waals surface area (Å²) in [6.07, 6.45) is 6.81. The predicted octanol–water partition coefficient (Wildman–Crippen LogP) is 1.53. The highest BCUT2D eigenvalue weighted by molar-refractivity contribution is 5.96. The molecule has 2 aromatic rings. The highest BCUT2D eigenvalue weighted by Crippen LogP contribution is 2.27. The van der Waals surface area contributed by atoms with Gasteiger partial charge in [-0.15, -0.1) is 0 Å². The molecular weight excluding hydrogens is 270 g/mol. The molecule has 2 heterocycles. The highest BCUT2D eigenvalue weighted by atomic mass is 16.5. The highest BCUT2D eigenvalue weighted by Gasteiger charge is 2.13. The molecule has 0 aromatic carbocycles. The summed E-state index contributed by atoms with van der Waals surface area (Å²) in [5.41, 5.74) is 6.42. The average Bonchev–Trinajstić information content (AvgIpc) is 2.87. The van der Waals surface area contributed by atoms with Gasteiger partial charge < -0.3 is 15.5 Å². The molecule has 108 valence electrons. The van der Waals surface area contributed by atoms with E-state index in [1.165, 1.54) is 12.4 Å². The lowest BCUT2D eigenvalue weighted by molar-refractivity contribution is -0.113. The minimum Gasteiger partial charge on any atom is -0.474 e. The summed E-state index contributed by atoms with van der Waals surface area (Å²) in [5.74, 6) is -0.123. The topological polar surface area (TPSA) is 118 Å². The van der Waals surface area contributed by atoms with E-state index in [1.54, 1.807) is 12.3 Å². The molecule has 0 saturated carbocycles. The number of amides is 1. The van der Waals surface area contributed by atoms with Crippen molar-refractivity contribution in [3.8, 4) is 11.9 Å². The fourth-order valence-electron chi connectivity index (χ4n) is 1.87. The van der Waals surface area contributed by atoms with Gasteiger partial charge in [0.1, 0.15) is 12.0 Å². The van der Waals surface area contributed by atoms with Gasteiger partial charge in [0.2, 0.25) is 11.8 Å². The number of aromatic nitrogens is 3. The Labute approximate surface area is 121 Å². The van der Waals surface area contributed by atoms with Gasteiger partial charge in [-0.25, -0.2) is 9.97 Å². The molecule has 0 bridgehead atoms. The lowest BCUT2D eigenvalue weighted by atomic mass is 10.2. The van der Waals surface area contributed by atoms with Crippen LogP contribution in [0.1, 0.15) is 25.3 Å². The van der Waals surface area contributed by atoms with Gasteiger partial charge in [0.05, 0.1) is 17.6 Å². The quantitative estimate of drug-likeness (QED) is 0.780. The Kier molecular flexibility index (Phi) is 4.51. The second-order valence-corrected chi connectivity index (χ2v) is 4.51. The van der Waals surface area contributed by atoms with Crippen LogP contribution in [0.15, 0.2) is 18.6 Å². The van der Waals surface area contributed by atoms with Crippen molar-refractivity contribution in [3.05, 3.63) is 24.2 Å². The Balaban J connectivity index is 2.33. The van der Waals surface area contributed by atoms with Gasteiger partial charge in [-0.1, -0.05) is 0 Å². The van der Waals surface area contributed by atoms with E-state index in [2.05, 4.69) is 21.0 Å². The Hall–Kier alpha value is -2.88. The van der Waals surface area contributed by atoms with Gasteiger partial charge in [0.15, 0.2) is 0 Å². The first-order chi connectivity index (χ1) is 10.1. The number of hydrogen-bond acceptors (Lipinski definition) is 5. The summed E-state index contributed by atoms with van der Waals surface area (Å²) < 4.78 is 5.76. The number of hydrogen-bond donors (Lipinski definition) is 2. The van der Waals surface area contributed by atoms with Crippen molar-refractivity contribution in [2.75, 3.05) is 0 Å². The monoisotopic (exact) mass is 285 g/mol. The van der Waals surface area contributed by atoms with Crippen LogP contribution in [-0.2, 0) is 4.79 Å². The third-order valence-electron chi connectivity index (χ3n) is 2.87. The maximum absolute atomic E-state index is 10.8. The van der Waals surface area contributed by atoms with E-state index in [1.807, 2.05) is 6.92 Å². The number of primary amides is 1. The molecule has 0 aliphatic rings. The Bertz CT molecular complexity index is 714. The summed E-state index contributed by atoms with van der Waals surface area (Å²) in [5, 5.41) is 9.28. The fourth-order valence-corrected chi connectivity index (χ4v) is 1.87. The van der Waals surface area contributed by atoms with E-state index in [0.717, 1.165) is 0 Å². The SMILES string of the molecule is CC(CCC#N)Oc1ncnc2[nH]cc(/C=C/C(N)=O)c12. The van der Waals surface area contributed by atoms with Crippen LogP contribution < -0.4 is 10.5 Å². The molecule has 0 aliphatic heterocycles. The van der Waals surface area contributed by atoms with Gasteiger partial charge in [0, 0.05) is 24.3 Å². The summed E-state index contributed by atoms with van der Waals surface area (Å²) in [6.45, 7) is 1.87. The number of carbonyl (C=O) groups is 1. The molecule has 0 spiro atoms. The molecule has 21 heavy (non-hydrogen) atoms. The normalized spacial score (nSPS) is 12.4. The van der Waals surface area contributed by atoms with Crippen LogP contribution in [0, 0.1) is 11.3 Å². The first-order valence-corrected chi connectivity index (χ1v) is 6.45. The van der Waals surface area contributed by atoms with E-state index < -0.39 is 5.91 Å². The molecule has 1 atom stereocenters. The molecule has 2 rings (SSSR count). The number of nitrogens with two attached hydrogens (primary N) is 1. The summed E-state index contributed by atoms with van der Waals surface area (Å²) in [7, 11) is 0. The van der Waals surface area contributed by atoms with Gasteiger partial charge >= 0.3 is 0 Å². The zero-order valence-electron chi connectivity index (χ0n) is 11.5. The molecule has 1 unspecified atom stereocenters. The van der Waals surface area contributed by atoms with Gasteiger partial charge in [-0.05, 0) is 19.4 Å². The Morgan fingerprint density at radius 1 is 1.62 bits per heavy atom. The number of ether oxygens (including phenoxy) is 1. The molecule has 1 amide bonds. The third kappa shape index (κ3) is 3.57. The first-order valence-electron chi connectivity index (χ1n) is 6.45. The van der Waals surface area contributed by atoms with Crippen LogP contribution in [0.2, 0.25) is 0 Å². The molecular formula is C14H15N5O2. The maximum Gasteiger partial charge on any atom is 0.241 e. The summed E-state index contributed by atoms with van der Waals surface area (Å²) in [4.78, 5) is 22.1. The number of fused-ring (bicyclic) bond motifs is 1. The number of aromatic amines is 1. The third-order valence-corrected chi connectivity index (χ3v) is 2.87. The standard InChI is InChI=1S/C14H15N5O2/c1-9(3-2-6-15)21-14-12-10(4-5-11(16)20)7-17-13(12)18-8-19-14/h4-5,7-9H,2-3H2,1H3,(H2,16,20)(H,17,18,19)/b5-4+. The van der Waals surface area contributed by atoms with Crippen molar-refractivity contribution in [1.29, 1.82) is 5.26 Å². The number of nitriles is 1. The minimum absolute atomic E-state index is 0.148. The summed E-state index contributed by atoms with van der Waals surface area (Å²) in [6, 6.07) is 2.08. The molecule has 3 N–H and O–H groups in total. The average molecular weight is 285 g/mol. The van der Waals surface area contributed by atoms with Crippen molar-refractivity contribution in [3.63, 3.8) is 0 Å². The molecule has 7 nitrogen and oxygen atoms in total. The van der Waals surface area contributed by atoms with Crippen molar-refractivity contribution in [1.82, 2.24) is 15.0 Å². The number of rotatable bonds is 6. The van der Waals surface area contributed by atoms with Gasteiger partial charge in [0.25, 0.3) is 0 Å². The number of carbonyl (C=O) groups excluding carboxylic acids is 1. The lowest BCUT2D eigenvalue weighted by Gasteiger charge is -2.12. The lowest BCUT2D eigenvalue weighted by Crippen LogP contribution is -2.12. The zero-order chi connectivity index (χ0) is 15.2. The van der Waals surface area contributed by atoms with Crippen LogP contribution in [0.4, 0.5) is 0 Å². The number of nitrogens with one attached hydrogen (secondary N) is 1. The molecule has 2 aromatic heterocycles. The molecule has 0 radical (unpaired) electrons. The maximum atomic E-state index is 10.8. The zero-order valence-corrected chi connectivity index (χ0v) is 11.5. The van der Waals surface area contributed by atoms with Crippen molar-refractivity contribution in [2.45, 2.75) is 25.9 Å². The minimum atomic E-state index is -0.536. The summed E-state index contributed by atoms with van der Waals surface area (Å²) >= 11 is 0. The smallest absolute Gasteiger partial charge is 0.241 e. The largest absolute Gasteiger partial charge is 0.474 e. The Morgan fingerprint density at radius 3 is 3.14 bits per heavy atom.